The zero-order valence-corrected chi connectivity index (χ0v) is 31.0. The second kappa shape index (κ2) is 28.4. The molecule has 1 aromatic carbocycles. The molecule has 0 spiro atoms. The van der Waals surface area contributed by atoms with Gasteiger partial charge in [-0.1, -0.05) is 134 Å². The topological polar surface area (TPSA) is 30.8 Å². The van der Waals surface area contributed by atoms with E-state index >= 15 is 0 Å². The summed E-state index contributed by atoms with van der Waals surface area (Å²) in [5.74, 6) is 2.08. The van der Waals surface area contributed by atoms with Gasteiger partial charge >= 0.3 is 6.36 Å². The fourth-order valence-corrected chi connectivity index (χ4v) is 4.51. The van der Waals surface area contributed by atoms with E-state index in [2.05, 4.69) is 85.9 Å². The van der Waals surface area contributed by atoms with Gasteiger partial charge < -0.3 is 9.47 Å². The quantitative estimate of drug-likeness (QED) is 0.158. The maximum absolute atomic E-state index is 12.1. The Morgan fingerprint density at radius 2 is 1.31 bits per heavy atom. The highest BCUT2D eigenvalue weighted by atomic mass is 19.4. The molecule has 3 unspecified atom stereocenters. The van der Waals surface area contributed by atoms with Crippen molar-refractivity contribution in [3.8, 4) is 5.75 Å². The Labute approximate surface area is 276 Å². The van der Waals surface area contributed by atoms with E-state index in [4.69, 9.17) is 4.74 Å². The molecule has 1 heterocycles. The summed E-state index contributed by atoms with van der Waals surface area (Å²) in [4.78, 5) is 4.64. The number of ether oxygens (including phenoxy) is 2. The lowest BCUT2D eigenvalue weighted by Crippen LogP contribution is -2.17. The number of alkyl halides is 3. The highest BCUT2D eigenvalue weighted by Gasteiger charge is 2.31. The predicted octanol–water partition coefficient (Wildman–Crippen LogP) is 13.4. The normalized spacial score (nSPS) is 15.4. The number of hydrogen-bond acceptors (Lipinski definition) is 3. The second-order valence-electron chi connectivity index (χ2n) is 12.6. The molecule has 2 rings (SSSR count). The fourth-order valence-electron chi connectivity index (χ4n) is 4.51. The molecule has 3 nitrogen and oxygen atoms in total. The van der Waals surface area contributed by atoms with E-state index in [1.54, 1.807) is 12.1 Å². The minimum absolute atomic E-state index is 0.172. The van der Waals surface area contributed by atoms with E-state index in [9.17, 15) is 13.2 Å². The first-order chi connectivity index (χ1) is 21.3. The number of rotatable bonds is 17. The van der Waals surface area contributed by atoms with Crippen molar-refractivity contribution in [3.63, 3.8) is 0 Å². The van der Waals surface area contributed by atoms with Gasteiger partial charge in [-0.2, -0.15) is 0 Å². The molecule has 0 bridgehead atoms. The van der Waals surface area contributed by atoms with E-state index in [1.165, 1.54) is 81.9 Å². The molecule has 1 aliphatic rings. The Balaban J connectivity index is 0. The van der Waals surface area contributed by atoms with Crippen molar-refractivity contribution in [2.75, 3.05) is 13.2 Å². The average Bonchev–Trinajstić information content (AvgIpc) is 3.45. The SMILES string of the molecule is CCC1N=C(c2ccc(OC(F)(F)F)cc2)C=C1C(C)C.CCCC.CCCC(C)CCC(C)CC.CCCCCOCCC. The summed E-state index contributed by atoms with van der Waals surface area (Å²) in [5.41, 5.74) is 2.89. The molecular weight excluding hydrogens is 571 g/mol. The highest BCUT2D eigenvalue weighted by Crippen LogP contribution is 2.28. The van der Waals surface area contributed by atoms with Gasteiger partial charge in [0.15, 0.2) is 0 Å². The molecule has 0 aliphatic carbocycles. The zero-order valence-electron chi connectivity index (χ0n) is 31.0. The zero-order chi connectivity index (χ0) is 34.7. The minimum Gasteiger partial charge on any atom is -0.406 e. The number of allylic oxidation sites excluding steroid dienone is 1. The number of aliphatic imine (C=N–C) groups is 1. The van der Waals surface area contributed by atoms with E-state index in [0.29, 0.717) is 5.92 Å². The molecule has 1 aliphatic heterocycles. The average molecular weight is 642 g/mol. The van der Waals surface area contributed by atoms with Crippen molar-refractivity contribution in [2.24, 2.45) is 22.7 Å². The van der Waals surface area contributed by atoms with E-state index in [-0.39, 0.29) is 11.8 Å². The number of hydrogen-bond donors (Lipinski definition) is 0. The predicted molar refractivity (Wildman–Crippen MR) is 191 cm³/mol. The van der Waals surface area contributed by atoms with Crippen molar-refractivity contribution in [1.29, 1.82) is 0 Å². The lowest BCUT2D eigenvalue weighted by atomic mass is 9.94. The van der Waals surface area contributed by atoms with Crippen molar-refractivity contribution in [3.05, 3.63) is 41.5 Å². The van der Waals surface area contributed by atoms with Gasteiger partial charge in [-0.25, -0.2) is 0 Å². The highest BCUT2D eigenvalue weighted by molar-refractivity contribution is 6.10. The molecule has 0 saturated carbocycles. The van der Waals surface area contributed by atoms with Crippen LogP contribution in [0, 0.1) is 17.8 Å². The number of halogens is 3. The Morgan fingerprint density at radius 1 is 0.711 bits per heavy atom. The standard InChI is InChI=1S/C16H18F3NO.C11H24.C8H18O.C4H10/c1-4-14-13(10(2)3)9-15(20-14)11-5-7-12(8-6-11)21-16(17,18)19;1-5-7-11(4)9-8-10(3)6-2;1-3-5-6-8-9-7-4-2;1-3-4-2/h5-10,14H,4H2,1-3H3;10-11H,5-9H2,1-4H3;3-8H2,1-2H3;3-4H2,1-2H3. The van der Waals surface area contributed by atoms with Crippen LogP contribution in [0.15, 0.2) is 40.9 Å². The summed E-state index contributed by atoms with van der Waals surface area (Å²) in [6.07, 6.45) is 12.9. The first-order valence-corrected chi connectivity index (χ1v) is 18.1. The van der Waals surface area contributed by atoms with Crippen LogP contribution in [-0.2, 0) is 4.74 Å². The van der Waals surface area contributed by atoms with Crippen molar-refractivity contribution in [2.45, 2.75) is 166 Å². The molecule has 6 heteroatoms. The Bertz CT molecular complexity index is 854. The molecule has 45 heavy (non-hydrogen) atoms. The van der Waals surface area contributed by atoms with Crippen LogP contribution in [0.1, 0.15) is 159 Å². The third-order valence-corrected chi connectivity index (χ3v) is 7.79. The summed E-state index contributed by atoms with van der Waals surface area (Å²) in [6, 6.07) is 6.01. The molecule has 0 saturated heterocycles. The van der Waals surface area contributed by atoms with Crippen LogP contribution < -0.4 is 4.74 Å². The lowest BCUT2D eigenvalue weighted by Gasteiger charge is -2.13. The summed E-state index contributed by atoms with van der Waals surface area (Å²) < 4.78 is 45.5. The number of nitrogens with zero attached hydrogens (tertiary/aromatic N) is 1. The molecule has 264 valence electrons. The molecule has 0 radical (unpaired) electrons. The van der Waals surface area contributed by atoms with Gasteiger partial charge in [-0.15, -0.1) is 13.2 Å². The van der Waals surface area contributed by atoms with Crippen LogP contribution in [-0.4, -0.2) is 31.3 Å². The Morgan fingerprint density at radius 3 is 1.73 bits per heavy atom. The molecular formula is C39H70F3NO2. The summed E-state index contributed by atoms with van der Waals surface area (Å²) >= 11 is 0. The van der Waals surface area contributed by atoms with Crippen LogP contribution in [0.25, 0.3) is 0 Å². The largest absolute Gasteiger partial charge is 0.573 e. The first kappa shape index (κ1) is 45.3. The third-order valence-electron chi connectivity index (χ3n) is 7.79. The van der Waals surface area contributed by atoms with Gasteiger partial charge in [0.1, 0.15) is 5.75 Å². The summed E-state index contributed by atoms with van der Waals surface area (Å²) in [6.45, 7) is 26.2. The van der Waals surface area contributed by atoms with Crippen LogP contribution in [0.3, 0.4) is 0 Å². The van der Waals surface area contributed by atoms with Crippen LogP contribution >= 0.6 is 0 Å². The Hall–Kier alpha value is -1.82. The maximum Gasteiger partial charge on any atom is 0.573 e. The van der Waals surface area contributed by atoms with Crippen molar-refractivity contribution < 1.29 is 22.6 Å². The van der Waals surface area contributed by atoms with Crippen molar-refractivity contribution >= 4 is 5.71 Å². The second-order valence-corrected chi connectivity index (χ2v) is 12.6. The smallest absolute Gasteiger partial charge is 0.406 e. The van der Waals surface area contributed by atoms with Gasteiger partial charge in [-0.05, 0) is 78.5 Å². The summed E-state index contributed by atoms with van der Waals surface area (Å²) in [7, 11) is 0. The lowest BCUT2D eigenvalue weighted by molar-refractivity contribution is -0.274. The van der Waals surface area contributed by atoms with Crippen LogP contribution in [0.4, 0.5) is 13.2 Å². The first-order valence-electron chi connectivity index (χ1n) is 18.1. The van der Waals surface area contributed by atoms with Gasteiger partial charge in [0.05, 0.1) is 11.8 Å². The molecule has 0 N–H and O–H groups in total. The van der Waals surface area contributed by atoms with Crippen molar-refractivity contribution in [1.82, 2.24) is 0 Å². The molecule has 1 aromatic rings. The van der Waals surface area contributed by atoms with E-state index < -0.39 is 6.36 Å². The van der Waals surface area contributed by atoms with Gasteiger partial charge in [0.25, 0.3) is 0 Å². The summed E-state index contributed by atoms with van der Waals surface area (Å²) in [5, 5.41) is 0. The fraction of sp³-hybridized carbons (Fsp3) is 0.769. The van der Waals surface area contributed by atoms with Crippen LogP contribution in [0.5, 0.6) is 5.75 Å². The van der Waals surface area contributed by atoms with Gasteiger partial charge in [0.2, 0.25) is 0 Å². The monoisotopic (exact) mass is 642 g/mol. The molecule has 0 amide bonds. The maximum atomic E-state index is 12.1. The van der Waals surface area contributed by atoms with Gasteiger partial charge in [-0.3, -0.25) is 4.99 Å². The van der Waals surface area contributed by atoms with Gasteiger partial charge in [0, 0.05) is 13.2 Å². The molecule has 3 atom stereocenters. The third kappa shape index (κ3) is 25.0. The van der Waals surface area contributed by atoms with E-state index in [1.807, 2.05) is 6.08 Å². The molecule has 0 fully saturated rings. The van der Waals surface area contributed by atoms with Crippen LogP contribution in [0.2, 0.25) is 0 Å². The number of benzene rings is 1. The number of unbranched alkanes of at least 4 members (excludes halogenated alkanes) is 3. The van der Waals surface area contributed by atoms with E-state index in [0.717, 1.165) is 49.2 Å². The minimum atomic E-state index is -4.66. The molecule has 0 aromatic heterocycles. The Kier molecular flexibility index (Phi) is 28.6.